The van der Waals surface area contributed by atoms with Crippen LogP contribution in [0.25, 0.3) is 11.3 Å². The van der Waals surface area contributed by atoms with Crippen molar-refractivity contribution in [3.05, 3.63) is 70.6 Å². The molecule has 34 heavy (non-hydrogen) atoms. The van der Waals surface area contributed by atoms with Gasteiger partial charge in [0.2, 0.25) is 6.79 Å². The molecule has 0 bridgehead atoms. The number of hydrogen-bond donors (Lipinski definition) is 2. The van der Waals surface area contributed by atoms with Gasteiger partial charge in [-0.1, -0.05) is 17.4 Å². The first-order valence-corrected chi connectivity index (χ1v) is 11.4. The number of amides is 2. The van der Waals surface area contributed by atoms with Crippen LogP contribution in [0.4, 0.5) is 5.13 Å². The van der Waals surface area contributed by atoms with E-state index in [0.717, 1.165) is 16.1 Å². The first kappa shape index (κ1) is 20.4. The molecule has 0 atom stereocenters. The number of H-pyrrole nitrogens is 1. The zero-order chi connectivity index (χ0) is 23.1. The minimum absolute atomic E-state index is 0.141. The smallest absolute Gasteiger partial charge is 0.276 e. The maximum atomic E-state index is 13.1. The quantitative estimate of drug-likeness (QED) is 0.466. The van der Waals surface area contributed by atoms with E-state index in [0.29, 0.717) is 53.2 Å². The number of nitrogens with zero attached hydrogens (tertiary/aromatic N) is 4. The number of anilines is 1. The Labute approximate surface area is 197 Å². The molecule has 0 spiro atoms. The van der Waals surface area contributed by atoms with Gasteiger partial charge in [0, 0.05) is 29.6 Å². The van der Waals surface area contributed by atoms with Crippen molar-refractivity contribution < 1.29 is 19.1 Å². The zero-order valence-electron chi connectivity index (χ0n) is 17.8. The Bertz CT molecular complexity index is 1400. The van der Waals surface area contributed by atoms with Crippen LogP contribution in [0, 0.1) is 0 Å². The van der Waals surface area contributed by atoms with E-state index in [9.17, 15) is 9.59 Å². The summed E-state index contributed by atoms with van der Waals surface area (Å²) in [5, 5.41) is 10.5. The minimum atomic E-state index is -0.312. The van der Waals surface area contributed by atoms with E-state index in [4.69, 9.17) is 9.47 Å². The lowest BCUT2D eigenvalue weighted by atomic mass is 10.1. The number of ether oxygens (including phenoxy) is 2. The number of carbonyl (C=O) groups excluding carboxylic acids is 2. The number of thiazole rings is 1. The molecule has 2 N–H and O–H groups in total. The van der Waals surface area contributed by atoms with E-state index in [1.165, 1.54) is 11.3 Å². The van der Waals surface area contributed by atoms with Crippen molar-refractivity contribution in [3.8, 4) is 22.8 Å². The summed E-state index contributed by atoms with van der Waals surface area (Å²) in [5.74, 6) is 0.902. The monoisotopic (exact) mass is 474 g/mol. The second kappa shape index (κ2) is 8.27. The molecule has 2 aliphatic rings. The highest BCUT2D eigenvalue weighted by Gasteiger charge is 2.27. The fraction of sp³-hybridized carbons (Fsp3) is 0.174. The highest BCUT2D eigenvalue weighted by Crippen LogP contribution is 2.35. The van der Waals surface area contributed by atoms with E-state index in [-0.39, 0.29) is 18.6 Å². The lowest BCUT2D eigenvalue weighted by molar-refractivity contribution is 0.0730. The van der Waals surface area contributed by atoms with Gasteiger partial charge in [-0.05, 0) is 36.4 Å². The zero-order valence-corrected chi connectivity index (χ0v) is 18.6. The van der Waals surface area contributed by atoms with E-state index < -0.39 is 0 Å². The first-order chi connectivity index (χ1) is 16.6. The number of benzene rings is 1. The van der Waals surface area contributed by atoms with Gasteiger partial charge >= 0.3 is 0 Å². The van der Waals surface area contributed by atoms with E-state index in [2.05, 4.69) is 25.5 Å². The molecule has 1 aromatic carbocycles. The molecule has 0 fully saturated rings. The van der Waals surface area contributed by atoms with Gasteiger partial charge in [0.1, 0.15) is 11.4 Å². The second-order valence-corrected chi connectivity index (χ2v) is 8.85. The summed E-state index contributed by atoms with van der Waals surface area (Å²) in [6, 6.07) is 12.4. The van der Waals surface area contributed by atoms with Crippen LogP contribution in [0.3, 0.4) is 0 Å². The number of fused-ring (bicyclic) bond motifs is 2. The Morgan fingerprint density at radius 2 is 2.03 bits per heavy atom. The maximum Gasteiger partial charge on any atom is 0.276 e. The van der Waals surface area contributed by atoms with Gasteiger partial charge in [-0.25, -0.2) is 4.98 Å². The predicted molar refractivity (Wildman–Crippen MR) is 123 cm³/mol. The van der Waals surface area contributed by atoms with Crippen LogP contribution in [0.2, 0.25) is 0 Å². The Kier molecular flexibility index (Phi) is 4.95. The molecule has 5 heterocycles. The van der Waals surface area contributed by atoms with Gasteiger partial charge in [-0.3, -0.25) is 25.0 Å². The van der Waals surface area contributed by atoms with Crippen LogP contribution < -0.4 is 14.8 Å². The third-order valence-electron chi connectivity index (χ3n) is 5.61. The number of pyridine rings is 1. The molecule has 10 nitrogen and oxygen atoms in total. The van der Waals surface area contributed by atoms with Crippen molar-refractivity contribution in [2.75, 3.05) is 18.7 Å². The van der Waals surface area contributed by atoms with Gasteiger partial charge in [-0.2, -0.15) is 5.10 Å². The number of hydrogen-bond acceptors (Lipinski definition) is 8. The van der Waals surface area contributed by atoms with Crippen molar-refractivity contribution in [2.24, 2.45) is 0 Å². The summed E-state index contributed by atoms with van der Waals surface area (Å²) in [4.78, 5) is 36.8. The Hall–Kier alpha value is -4.25. The lowest BCUT2D eigenvalue weighted by Gasteiger charge is -2.25. The van der Waals surface area contributed by atoms with Crippen molar-refractivity contribution in [3.63, 3.8) is 0 Å². The SMILES string of the molecule is O=C(Nc1nc2c(s1)CN(C(=O)c1cc(-c3ccc4c(c3)OCO4)n[nH]1)CC2)c1ccccn1. The second-order valence-electron chi connectivity index (χ2n) is 7.77. The number of rotatable bonds is 4. The summed E-state index contributed by atoms with van der Waals surface area (Å²) < 4.78 is 10.8. The summed E-state index contributed by atoms with van der Waals surface area (Å²) in [5.41, 5.74) is 3.11. The number of nitrogens with one attached hydrogen (secondary N) is 2. The molecular weight excluding hydrogens is 456 g/mol. The third-order valence-corrected chi connectivity index (χ3v) is 6.61. The molecule has 0 saturated carbocycles. The number of aromatic nitrogens is 4. The largest absolute Gasteiger partial charge is 0.454 e. The molecular formula is C23H18N6O4S. The number of aromatic amines is 1. The number of carbonyl (C=O) groups is 2. The average Bonchev–Trinajstić information content (AvgIpc) is 3.62. The van der Waals surface area contributed by atoms with Gasteiger partial charge in [0.25, 0.3) is 11.8 Å². The average molecular weight is 475 g/mol. The van der Waals surface area contributed by atoms with Gasteiger partial charge < -0.3 is 14.4 Å². The highest BCUT2D eigenvalue weighted by atomic mass is 32.1. The molecule has 0 aliphatic carbocycles. The molecule has 3 aromatic heterocycles. The van der Waals surface area contributed by atoms with Crippen LogP contribution in [0.1, 0.15) is 31.5 Å². The molecule has 0 unspecified atom stereocenters. The Morgan fingerprint density at radius 3 is 2.91 bits per heavy atom. The fourth-order valence-electron chi connectivity index (χ4n) is 3.89. The van der Waals surface area contributed by atoms with E-state index in [1.54, 1.807) is 35.4 Å². The van der Waals surface area contributed by atoms with Crippen molar-refractivity contribution >= 4 is 28.3 Å². The normalized spacial score (nSPS) is 14.1. The van der Waals surface area contributed by atoms with E-state index in [1.807, 2.05) is 18.2 Å². The Balaban J connectivity index is 1.15. The predicted octanol–water partition coefficient (Wildman–Crippen LogP) is 3.11. The van der Waals surface area contributed by atoms with Crippen molar-refractivity contribution in [2.45, 2.75) is 13.0 Å². The molecule has 2 amide bonds. The maximum absolute atomic E-state index is 13.1. The highest BCUT2D eigenvalue weighted by molar-refractivity contribution is 7.15. The molecule has 11 heteroatoms. The summed E-state index contributed by atoms with van der Waals surface area (Å²) in [6.45, 7) is 1.15. The van der Waals surface area contributed by atoms with Crippen LogP contribution in [0.15, 0.2) is 48.7 Å². The van der Waals surface area contributed by atoms with Gasteiger partial charge in [-0.15, -0.1) is 0 Å². The van der Waals surface area contributed by atoms with Gasteiger partial charge in [0.05, 0.1) is 17.9 Å². The standard InChI is InChI=1S/C23H18N6O4S/c30-21(15-3-1-2-7-24-15)26-23-25-14-6-8-29(11-20(14)34-23)22(31)17-10-16(27-28-17)13-4-5-18-19(9-13)33-12-32-18/h1-5,7,9-10H,6,8,11-12H2,(H,27,28)(H,25,26,30). The summed E-state index contributed by atoms with van der Waals surface area (Å²) in [7, 11) is 0. The van der Waals surface area contributed by atoms with Crippen molar-refractivity contribution in [1.82, 2.24) is 25.1 Å². The molecule has 0 radical (unpaired) electrons. The third kappa shape index (κ3) is 3.75. The summed E-state index contributed by atoms with van der Waals surface area (Å²) in [6.07, 6.45) is 2.18. The lowest BCUT2D eigenvalue weighted by Crippen LogP contribution is -2.35. The van der Waals surface area contributed by atoms with Crippen LogP contribution >= 0.6 is 11.3 Å². The van der Waals surface area contributed by atoms with Crippen LogP contribution in [-0.2, 0) is 13.0 Å². The summed E-state index contributed by atoms with van der Waals surface area (Å²) >= 11 is 1.37. The van der Waals surface area contributed by atoms with E-state index >= 15 is 0 Å². The molecule has 6 rings (SSSR count). The fourth-order valence-corrected chi connectivity index (χ4v) is 4.90. The Morgan fingerprint density at radius 1 is 1.12 bits per heavy atom. The van der Waals surface area contributed by atoms with Crippen molar-refractivity contribution in [1.29, 1.82) is 0 Å². The molecule has 0 saturated heterocycles. The van der Waals surface area contributed by atoms with Crippen LogP contribution in [-0.4, -0.2) is 50.2 Å². The topological polar surface area (TPSA) is 122 Å². The molecule has 4 aromatic rings. The first-order valence-electron chi connectivity index (χ1n) is 10.6. The minimum Gasteiger partial charge on any atom is -0.454 e. The van der Waals surface area contributed by atoms with Gasteiger partial charge in [0.15, 0.2) is 16.6 Å². The molecule has 2 aliphatic heterocycles. The molecule has 170 valence electrons. The van der Waals surface area contributed by atoms with Crippen LogP contribution in [0.5, 0.6) is 11.5 Å².